The highest BCUT2D eigenvalue weighted by Gasteiger charge is 2.17. The van der Waals surface area contributed by atoms with E-state index >= 15 is 0 Å². The standard InChI is InChI=1S/C20H24N2O4/c1-3-4-13-26-20(24)22(15-18-7-5-6-12-21-18)14-16-8-10-17(11-9-16)19(23)25-2/h5-12H,3-4,13-15H2,1-2H3. The van der Waals surface area contributed by atoms with Crippen molar-refractivity contribution in [3.8, 4) is 0 Å². The van der Waals surface area contributed by atoms with Crippen molar-refractivity contribution in [1.82, 2.24) is 9.88 Å². The van der Waals surface area contributed by atoms with Crippen molar-refractivity contribution in [3.05, 3.63) is 65.5 Å². The summed E-state index contributed by atoms with van der Waals surface area (Å²) in [7, 11) is 1.34. The Morgan fingerprint density at radius 3 is 2.46 bits per heavy atom. The van der Waals surface area contributed by atoms with Crippen molar-refractivity contribution in [2.24, 2.45) is 0 Å². The summed E-state index contributed by atoms with van der Waals surface area (Å²) in [5.74, 6) is -0.388. The number of aromatic nitrogens is 1. The maximum Gasteiger partial charge on any atom is 0.410 e. The first-order valence-corrected chi connectivity index (χ1v) is 8.63. The van der Waals surface area contributed by atoms with E-state index in [1.165, 1.54) is 7.11 Å². The van der Waals surface area contributed by atoms with Crippen molar-refractivity contribution in [3.63, 3.8) is 0 Å². The molecule has 2 aromatic rings. The molecule has 0 N–H and O–H groups in total. The van der Waals surface area contributed by atoms with Gasteiger partial charge in [0.25, 0.3) is 0 Å². The van der Waals surface area contributed by atoms with Crippen LogP contribution in [-0.2, 0) is 22.6 Å². The minimum Gasteiger partial charge on any atom is -0.465 e. The SMILES string of the molecule is CCCCOC(=O)N(Cc1ccc(C(=O)OC)cc1)Cc1ccccn1. The quantitative estimate of drug-likeness (QED) is 0.531. The number of unbranched alkanes of at least 4 members (excludes halogenated alkanes) is 1. The summed E-state index contributed by atoms with van der Waals surface area (Å²) in [5.41, 5.74) is 2.14. The van der Waals surface area contributed by atoms with Crippen LogP contribution >= 0.6 is 0 Å². The summed E-state index contributed by atoms with van der Waals surface area (Å²) >= 11 is 0. The molecule has 6 nitrogen and oxygen atoms in total. The first kappa shape index (κ1) is 19.4. The van der Waals surface area contributed by atoms with Crippen LogP contribution in [0.25, 0.3) is 0 Å². The Morgan fingerprint density at radius 1 is 1.08 bits per heavy atom. The van der Waals surface area contributed by atoms with Crippen molar-refractivity contribution in [2.75, 3.05) is 13.7 Å². The number of ether oxygens (including phenoxy) is 2. The molecule has 0 saturated heterocycles. The largest absolute Gasteiger partial charge is 0.465 e. The van der Waals surface area contributed by atoms with Crippen LogP contribution in [-0.4, -0.2) is 35.7 Å². The zero-order valence-electron chi connectivity index (χ0n) is 15.2. The van der Waals surface area contributed by atoms with E-state index in [-0.39, 0.29) is 12.1 Å². The Kier molecular flexibility index (Phi) is 7.61. The molecule has 6 heteroatoms. The van der Waals surface area contributed by atoms with Gasteiger partial charge in [0.2, 0.25) is 0 Å². The van der Waals surface area contributed by atoms with E-state index < -0.39 is 0 Å². The van der Waals surface area contributed by atoms with Gasteiger partial charge in [0.05, 0.1) is 31.5 Å². The fourth-order valence-electron chi connectivity index (χ4n) is 2.35. The summed E-state index contributed by atoms with van der Waals surface area (Å²) in [6.07, 6.45) is 3.11. The highest BCUT2D eigenvalue weighted by Crippen LogP contribution is 2.12. The van der Waals surface area contributed by atoms with Gasteiger partial charge in [0.15, 0.2) is 0 Å². The lowest BCUT2D eigenvalue weighted by Gasteiger charge is -2.22. The average molecular weight is 356 g/mol. The number of methoxy groups -OCH3 is 1. The zero-order chi connectivity index (χ0) is 18.8. The predicted octanol–water partition coefficient (Wildman–Crippen LogP) is 3.81. The molecule has 0 radical (unpaired) electrons. The summed E-state index contributed by atoms with van der Waals surface area (Å²) in [6.45, 7) is 3.16. The Labute approximate surface area is 153 Å². The zero-order valence-corrected chi connectivity index (χ0v) is 15.2. The van der Waals surface area contributed by atoms with Crippen LogP contribution in [0.2, 0.25) is 0 Å². The molecule has 0 spiro atoms. The number of esters is 1. The number of benzene rings is 1. The van der Waals surface area contributed by atoms with Gasteiger partial charge in [0.1, 0.15) is 0 Å². The number of rotatable bonds is 8. The maximum absolute atomic E-state index is 12.5. The van der Waals surface area contributed by atoms with E-state index in [0.29, 0.717) is 25.3 Å². The number of nitrogens with zero attached hydrogens (tertiary/aromatic N) is 2. The third kappa shape index (κ3) is 5.88. The molecule has 0 unspecified atom stereocenters. The lowest BCUT2D eigenvalue weighted by atomic mass is 10.1. The van der Waals surface area contributed by atoms with Gasteiger partial charge in [0, 0.05) is 12.7 Å². The van der Waals surface area contributed by atoms with Gasteiger partial charge in [-0.3, -0.25) is 9.88 Å². The molecule has 26 heavy (non-hydrogen) atoms. The van der Waals surface area contributed by atoms with E-state index in [1.54, 1.807) is 35.4 Å². The third-order valence-electron chi connectivity index (χ3n) is 3.81. The molecule has 0 atom stereocenters. The van der Waals surface area contributed by atoms with Crippen LogP contribution in [0.4, 0.5) is 4.79 Å². The number of hydrogen-bond donors (Lipinski definition) is 0. The highest BCUT2D eigenvalue weighted by atomic mass is 16.6. The molecule has 0 aliphatic carbocycles. The van der Waals surface area contributed by atoms with E-state index in [0.717, 1.165) is 24.1 Å². The maximum atomic E-state index is 12.5. The van der Waals surface area contributed by atoms with Crippen LogP contribution in [0, 0.1) is 0 Å². The van der Waals surface area contributed by atoms with Crippen molar-refractivity contribution in [2.45, 2.75) is 32.9 Å². The molecule has 0 saturated carbocycles. The second-order valence-electron chi connectivity index (χ2n) is 5.83. The highest BCUT2D eigenvalue weighted by molar-refractivity contribution is 5.89. The van der Waals surface area contributed by atoms with E-state index in [1.807, 2.05) is 25.1 Å². The normalized spacial score (nSPS) is 10.2. The minimum absolute atomic E-state index is 0.352. The monoisotopic (exact) mass is 356 g/mol. The lowest BCUT2D eigenvalue weighted by molar-refractivity contribution is 0.0600. The Morgan fingerprint density at radius 2 is 1.85 bits per heavy atom. The van der Waals surface area contributed by atoms with Gasteiger partial charge < -0.3 is 9.47 Å². The Balaban J connectivity index is 2.09. The molecule has 1 aromatic carbocycles. The van der Waals surface area contributed by atoms with Crippen molar-refractivity contribution >= 4 is 12.1 Å². The lowest BCUT2D eigenvalue weighted by Crippen LogP contribution is -2.31. The van der Waals surface area contributed by atoms with Gasteiger partial charge in [-0.2, -0.15) is 0 Å². The first-order chi connectivity index (χ1) is 12.6. The van der Waals surface area contributed by atoms with E-state index in [4.69, 9.17) is 9.47 Å². The van der Waals surface area contributed by atoms with Crippen molar-refractivity contribution in [1.29, 1.82) is 0 Å². The Hall–Kier alpha value is -2.89. The summed E-state index contributed by atoms with van der Waals surface area (Å²) in [4.78, 5) is 29.9. The summed E-state index contributed by atoms with van der Waals surface area (Å²) in [5, 5.41) is 0. The molecule has 0 aliphatic heterocycles. The second kappa shape index (κ2) is 10.2. The smallest absolute Gasteiger partial charge is 0.410 e. The summed E-state index contributed by atoms with van der Waals surface area (Å²) < 4.78 is 10.1. The van der Waals surface area contributed by atoms with Crippen LogP contribution in [0.3, 0.4) is 0 Å². The van der Waals surface area contributed by atoms with E-state index in [2.05, 4.69) is 4.98 Å². The average Bonchev–Trinajstić information content (AvgIpc) is 2.68. The minimum atomic E-state index is -0.388. The summed E-state index contributed by atoms with van der Waals surface area (Å²) in [6, 6.07) is 12.6. The molecule has 1 heterocycles. The fourth-order valence-corrected chi connectivity index (χ4v) is 2.35. The van der Waals surface area contributed by atoms with Gasteiger partial charge in [-0.25, -0.2) is 9.59 Å². The Bertz CT molecular complexity index is 702. The predicted molar refractivity (Wildman–Crippen MR) is 97.5 cm³/mol. The molecule has 0 fully saturated rings. The van der Waals surface area contributed by atoms with Crippen LogP contribution in [0.15, 0.2) is 48.7 Å². The molecule has 1 aromatic heterocycles. The van der Waals surface area contributed by atoms with Gasteiger partial charge >= 0.3 is 12.1 Å². The third-order valence-corrected chi connectivity index (χ3v) is 3.81. The fraction of sp³-hybridized carbons (Fsp3) is 0.350. The van der Waals surface area contributed by atoms with E-state index in [9.17, 15) is 9.59 Å². The first-order valence-electron chi connectivity index (χ1n) is 8.63. The topological polar surface area (TPSA) is 68.7 Å². The number of amides is 1. The molecule has 138 valence electrons. The number of pyridine rings is 1. The molecule has 1 amide bonds. The number of carbonyl (C=O) groups excluding carboxylic acids is 2. The molecular weight excluding hydrogens is 332 g/mol. The van der Waals surface area contributed by atoms with Crippen LogP contribution in [0.5, 0.6) is 0 Å². The van der Waals surface area contributed by atoms with Gasteiger partial charge in [-0.1, -0.05) is 31.5 Å². The van der Waals surface area contributed by atoms with Gasteiger partial charge in [-0.15, -0.1) is 0 Å². The molecule has 0 bridgehead atoms. The van der Waals surface area contributed by atoms with Crippen LogP contribution < -0.4 is 0 Å². The van der Waals surface area contributed by atoms with Gasteiger partial charge in [-0.05, 0) is 36.2 Å². The second-order valence-corrected chi connectivity index (χ2v) is 5.83. The number of hydrogen-bond acceptors (Lipinski definition) is 5. The molecular formula is C20H24N2O4. The van der Waals surface area contributed by atoms with Crippen LogP contribution in [0.1, 0.15) is 41.4 Å². The molecule has 0 aliphatic rings. The van der Waals surface area contributed by atoms with Crippen molar-refractivity contribution < 1.29 is 19.1 Å². The number of carbonyl (C=O) groups is 2. The molecule has 2 rings (SSSR count).